The molecule has 0 fully saturated rings. The lowest BCUT2D eigenvalue weighted by atomic mass is 9.23. The van der Waals surface area contributed by atoms with Crippen LogP contribution in [0.2, 0.25) is 0 Å². The van der Waals surface area contributed by atoms with Crippen molar-refractivity contribution >= 4 is 91.1 Å². The Balaban J connectivity index is 0.000000692. The van der Waals surface area contributed by atoms with E-state index in [1.165, 1.54) is 24.3 Å². The third kappa shape index (κ3) is 11.9. The van der Waals surface area contributed by atoms with E-state index in [-0.39, 0.29) is 46.7 Å². The summed E-state index contributed by atoms with van der Waals surface area (Å²) in [5, 5.41) is -1.80. The average molecular weight is 1670 g/mol. The lowest BCUT2D eigenvalue weighted by molar-refractivity contribution is -0.539. The summed E-state index contributed by atoms with van der Waals surface area (Å²) in [6.45, 7) is 0. The van der Waals surface area contributed by atoms with Gasteiger partial charge in [0.15, 0.2) is 128 Å². The first-order chi connectivity index (χ1) is 54.4. The Kier molecular flexibility index (Phi) is 21.0. The van der Waals surface area contributed by atoms with Crippen LogP contribution in [-0.4, -0.2) is 36.2 Å². The van der Waals surface area contributed by atoms with Crippen LogP contribution in [-0.2, 0) is 0 Å². The molecule has 0 saturated heterocycles. The van der Waals surface area contributed by atoms with Crippen LogP contribution in [0.3, 0.4) is 0 Å². The van der Waals surface area contributed by atoms with Gasteiger partial charge >= 0.3 is 12.6 Å². The number of rotatable bonds is 10. The molecule has 8 nitrogen and oxygen atoms in total. The molecule has 12 aromatic rings. The summed E-state index contributed by atoms with van der Waals surface area (Å²) in [6, 6.07) is 13.2. The molecular formula is C72H20B2F34N4O4. The summed E-state index contributed by atoms with van der Waals surface area (Å²) in [5.74, 6) is -113. The Bertz CT molecular complexity index is 5390. The summed E-state index contributed by atoms with van der Waals surface area (Å²) >= 11 is 0. The summed E-state index contributed by atoms with van der Waals surface area (Å²) < 4.78 is 519. The molecule has 2 aliphatic rings. The number of anilines is 2. The van der Waals surface area contributed by atoms with E-state index in [9.17, 15) is 63.1 Å². The maximum Gasteiger partial charge on any atom is 0.377 e. The molecule has 0 atom stereocenters. The fourth-order valence-electron chi connectivity index (χ4n) is 13.6. The number of hydrogen-bond acceptors (Lipinski definition) is 4. The summed E-state index contributed by atoms with van der Waals surface area (Å²) in [5.41, 5.74) is -26.0. The molecule has 4 heterocycles. The number of amides is 4. The van der Waals surface area contributed by atoms with E-state index < -0.39 is 320 Å². The van der Waals surface area contributed by atoms with E-state index >= 15 is 105 Å². The number of aromatic nitrogens is 2. The van der Waals surface area contributed by atoms with Gasteiger partial charge < -0.3 is 8.96 Å². The van der Waals surface area contributed by atoms with E-state index in [0.717, 1.165) is 24.3 Å². The smallest absolute Gasteiger partial charge is 0.377 e. The highest BCUT2D eigenvalue weighted by Crippen LogP contribution is 2.41. The van der Waals surface area contributed by atoms with Crippen molar-refractivity contribution in [3.8, 4) is 0 Å². The van der Waals surface area contributed by atoms with E-state index in [1.54, 1.807) is 0 Å². The van der Waals surface area contributed by atoms with Gasteiger partial charge in [0.2, 0.25) is 0 Å². The van der Waals surface area contributed by atoms with Gasteiger partial charge in [-0.3, -0.25) is 19.2 Å². The first-order valence-corrected chi connectivity index (χ1v) is 31.1. The number of hydrogen-bond donors (Lipinski definition) is 0. The molecule has 0 spiro atoms. The molecule has 4 amide bonds. The third-order valence-electron chi connectivity index (χ3n) is 18.5. The van der Waals surface area contributed by atoms with Crippen molar-refractivity contribution in [1.82, 2.24) is 0 Å². The molecule has 0 aliphatic carbocycles. The highest BCUT2D eigenvalue weighted by atomic mass is 19.2. The number of carbonyl (C=O) groups is 4. The Hall–Kier alpha value is -13.2. The first-order valence-electron chi connectivity index (χ1n) is 31.1. The second-order valence-electron chi connectivity index (χ2n) is 24.4. The third-order valence-corrected chi connectivity index (χ3v) is 18.5. The van der Waals surface area contributed by atoms with Crippen LogP contribution in [0.4, 0.5) is 161 Å². The molecule has 596 valence electrons. The van der Waals surface area contributed by atoms with Crippen molar-refractivity contribution in [3.63, 3.8) is 0 Å². The van der Waals surface area contributed by atoms with Crippen molar-refractivity contribution in [1.29, 1.82) is 0 Å². The highest BCUT2D eigenvalue weighted by molar-refractivity contribution is 7.06. The fraction of sp³-hybridized carbons (Fsp3) is 0. The van der Waals surface area contributed by atoms with Gasteiger partial charge in [-0.1, -0.05) is 24.3 Å². The van der Waals surface area contributed by atoms with Gasteiger partial charge in [-0.05, 0) is 106 Å². The number of halogens is 34. The zero-order valence-corrected chi connectivity index (χ0v) is 55.0. The van der Waals surface area contributed by atoms with Gasteiger partial charge in [0, 0.05) is 33.0 Å². The van der Waals surface area contributed by atoms with Crippen molar-refractivity contribution < 1.29 is 177 Å². The van der Waals surface area contributed by atoms with Gasteiger partial charge in [0.25, 0.3) is 23.6 Å². The van der Waals surface area contributed by atoms with Crippen LogP contribution in [0.5, 0.6) is 0 Å². The molecule has 10 aromatic carbocycles. The average Bonchev–Trinajstić information content (AvgIpc) is 0.687. The van der Waals surface area contributed by atoms with Crippen LogP contribution in [0.25, 0.3) is 10.8 Å². The monoisotopic (exact) mass is 1670 g/mol. The highest BCUT2D eigenvalue weighted by Gasteiger charge is 2.60. The van der Waals surface area contributed by atoms with E-state index in [0.29, 0.717) is 36.4 Å². The standard InChI is InChI=1S/C60H12B2F30N4O4.2C6H4F2/c63-27-21(28(64)40(76)51(87)39(27)75)61(22-29(65)41(77)52(88)42(78)30(22)66,23-31(67)43(79)53(89)44(80)32(23)68)93-9-1-3-13(11-93)95-57(97)15-5-7-17-20-18(8-6-16(19(15)20)58(95)98)60(100)96(59(17)99)14-4-2-10-94(12-14)62(24-33(69)45(81)54(90)46(82)34(24)70,25-35(71)47(83)55(91)48(84)36(25)72)26-37(73)49(85)56(92)50(86)38(26)74;2*7-5-3-1-2-4-6(5)8/h1-12H;2*1-4H. The molecule has 0 unspecified atom stereocenters. The molecule has 0 bridgehead atoms. The molecular weight excluding hydrogens is 1650 g/mol. The van der Waals surface area contributed by atoms with Gasteiger partial charge in [-0.25, -0.2) is 159 Å². The van der Waals surface area contributed by atoms with E-state index in [4.69, 9.17) is 0 Å². The lowest BCUT2D eigenvalue weighted by Gasteiger charge is -2.38. The Morgan fingerprint density at radius 3 is 0.509 bits per heavy atom. The molecule has 0 N–H and O–H groups in total. The van der Waals surface area contributed by atoms with Crippen molar-refractivity contribution in [3.05, 3.63) is 342 Å². The SMILES string of the molecule is Fc1ccccc1F.Fc1ccccc1F.O=C1c2ccc3c4c(ccc(c24)C(=O)N1c1ccc[n+]([B-](c2c(F)c(F)c(F)c(F)c2F)(c2c(F)c(F)c(F)c(F)c2F)c2c(F)c(F)c(F)c(F)c2F)c1)C(=O)N(c1ccc[n+]([B-](c2c(F)c(F)c(F)c(F)c2F)(c2c(F)c(F)c(F)c(F)c2F)c2c(F)c(F)c(F)c(F)c2F)c1)C3=O. The zero-order chi connectivity index (χ0) is 85.5. The van der Waals surface area contributed by atoms with Crippen LogP contribution in [0.1, 0.15) is 41.4 Å². The maximum absolute atomic E-state index is 16.6. The van der Waals surface area contributed by atoms with Crippen molar-refractivity contribution in [2.24, 2.45) is 0 Å². The number of pyridine rings is 2. The number of imide groups is 2. The van der Waals surface area contributed by atoms with Crippen LogP contribution < -0.4 is 51.5 Å². The fourth-order valence-corrected chi connectivity index (χ4v) is 13.6. The predicted molar refractivity (Wildman–Crippen MR) is 330 cm³/mol. The quantitative estimate of drug-likeness (QED) is 0.0449. The Morgan fingerprint density at radius 1 is 0.198 bits per heavy atom. The Labute approximate surface area is 618 Å². The molecule has 116 heavy (non-hydrogen) atoms. The van der Waals surface area contributed by atoms with Crippen LogP contribution in [0, 0.1) is 198 Å². The predicted octanol–water partition coefficient (Wildman–Crippen LogP) is 14.1. The topological polar surface area (TPSA) is 82.5 Å². The number of carbonyl (C=O) groups excluding carboxylic acids is 4. The van der Waals surface area contributed by atoms with Gasteiger partial charge in [-0.15, -0.1) is 0 Å². The van der Waals surface area contributed by atoms with Crippen LogP contribution >= 0.6 is 0 Å². The van der Waals surface area contributed by atoms with Gasteiger partial charge in [0.1, 0.15) is 106 Å². The van der Waals surface area contributed by atoms with Gasteiger partial charge in [0.05, 0.1) is 0 Å². The molecule has 2 aliphatic heterocycles. The van der Waals surface area contributed by atoms with Gasteiger partial charge in [-0.2, -0.15) is 0 Å². The Morgan fingerprint density at radius 2 is 0.353 bits per heavy atom. The molecule has 0 saturated carbocycles. The lowest BCUT2D eigenvalue weighted by Crippen LogP contribution is -2.88. The molecule has 14 rings (SSSR count). The second kappa shape index (κ2) is 29.6. The van der Waals surface area contributed by atoms with E-state index in [1.807, 2.05) is 0 Å². The maximum atomic E-state index is 16.6. The minimum absolute atomic E-state index is 0.0924. The first kappa shape index (κ1) is 82.3. The summed E-state index contributed by atoms with van der Waals surface area (Å²) in [7, 11) is 0. The molecule has 2 aromatic heterocycles. The number of benzene rings is 10. The zero-order valence-electron chi connectivity index (χ0n) is 55.0. The number of nitrogens with zero attached hydrogens (tertiary/aromatic N) is 4. The van der Waals surface area contributed by atoms with Crippen LogP contribution in [0.15, 0.2) is 122 Å². The molecule has 0 radical (unpaired) electrons. The minimum atomic E-state index is -6.65. The van der Waals surface area contributed by atoms with Crippen molar-refractivity contribution in [2.45, 2.75) is 0 Å². The molecule has 44 heteroatoms. The largest absolute Gasteiger partial charge is 0.413 e. The normalized spacial score (nSPS) is 12.8. The summed E-state index contributed by atoms with van der Waals surface area (Å²) in [4.78, 5) is 58.9. The second-order valence-corrected chi connectivity index (χ2v) is 24.4. The van der Waals surface area contributed by atoms with E-state index in [2.05, 4.69) is 0 Å². The summed E-state index contributed by atoms with van der Waals surface area (Å²) in [6.07, 6.45) is -14.0. The van der Waals surface area contributed by atoms with Crippen molar-refractivity contribution in [2.75, 3.05) is 9.80 Å². The minimum Gasteiger partial charge on any atom is -0.413 e.